The molecule has 0 aliphatic carbocycles. The van der Waals surface area contributed by atoms with E-state index in [1.807, 2.05) is 0 Å². The number of halogens is 4. The summed E-state index contributed by atoms with van der Waals surface area (Å²) < 4.78 is 34.1. The van der Waals surface area contributed by atoms with Gasteiger partial charge in [0, 0.05) is 6.42 Å². The molecular weight excluding hydrogens is 185 g/mol. The Hall–Kier alpha value is 0.270. The third kappa shape index (κ3) is 6.27. The highest BCUT2D eigenvalue weighted by atomic mass is 79.9. The van der Waals surface area contributed by atoms with E-state index in [2.05, 4.69) is 15.9 Å². The lowest BCUT2D eigenvalue weighted by Gasteiger charge is -1.96. The topological polar surface area (TPSA) is 0 Å². The van der Waals surface area contributed by atoms with E-state index in [9.17, 15) is 13.2 Å². The summed E-state index contributed by atoms with van der Waals surface area (Å²) in [4.78, 5) is 0. The maximum absolute atomic E-state index is 11.6. The highest BCUT2D eigenvalue weighted by Gasteiger charge is 2.05. The lowest BCUT2D eigenvalue weighted by Crippen LogP contribution is -1.94. The summed E-state index contributed by atoms with van der Waals surface area (Å²) in [6.07, 6.45) is -2.87. The van der Waals surface area contributed by atoms with Crippen molar-refractivity contribution < 1.29 is 13.2 Å². The van der Waals surface area contributed by atoms with Gasteiger partial charge in [0.2, 0.25) is 6.43 Å². The van der Waals surface area contributed by atoms with E-state index >= 15 is 0 Å². The summed E-state index contributed by atoms with van der Waals surface area (Å²) in [6.45, 7) is 0. The lowest BCUT2D eigenvalue weighted by molar-refractivity contribution is 0.130. The Kier molecular flexibility index (Phi) is 4.32. The summed E-state index contributed by atoms with van der Waals surface area (Å²) in [5.74, 6) is 0. The van der Waals surface area contributed by atoms with Gasteiger partial charge in [-0.25, -0.2) is 13.2 Å². The van der Waals surface area contributed by atoms with Crippen molar-refractivity contribution in [2.45, 2.75) is 24.3 Å². The number of hydrogen-bond donors (Lipinski definition) is 0. The molecule has 0 aromatic rings. The van der Waals surface area contributed by atoms with Crippen LogP contribution in [0, 0.1) is 0 Å². The molecule has 0 bridgehead atoms. The average Bonchev–Trinajstić information content (AvgIpc) is 1.61. The molecule has 0 rings (SSSR count). The van der Waals surface area contributed by atoms with Crippen molar-refractivity contribution in [1.82, 2.24) is 0 Å². The minimum Gasteiger partial charge on any atom is -0.235 e. The second-order valence-corrected chi connectivity index (χ2v) is 2.35. The van der Waals surface area contributed by atoms with E-state index < -0.39 is 11.5 Å². The van der Waals surface area contributed by atoms with Gasteiger partial charge in [-0.2, -0.15) is 0 Å². The molecular formula is C4H6BrF3. The summed E-state index contributed by atoms with van der Waals surface area (Å²) in [7, 11) is 0. The molecule has 0 heterocycles. The Balaban J connectivity index is 2.93. The smallest absolute Gasteiger partial charge is 0.235 e. The summed E-state index contributed by atoms with van der Waals surface area (Å²) >= 11 is 2.50. The van der Waals surface area contributed by atoms with E-state index in [1.54, 1.807) is 0 Å². The quantitative estimate of drug-likeness (QED) is 0.601. The van der Waals surface area contributed by atoms with Crippen LogP contribution in [0.4, 0.5) is 13.2 Å². The average molecular weight is 191 g/mol. The van der Waals surface area contributed by atoms with Crippen LogP contribution in [0.5, 0.6) is 0 Å². The lowest BCUT2D eigenvalue weighted by atomic mass is 10.3. The van der Waals surface area contributed by atoms with Gasteiger partial charge >= 0.3 is 0 Å². The molecule has 4 heteroatoms. The van der Waals surface area contributed by atoms with Crippen molar-refractivity contribution >= 4 is 15.9 Å². The van der Waals surface area contributed by atoms with Gasteiger partial charge in [-0.1, -0.05) is 15.9 Å². The second-order valence-electron chi connectivity index (χ2n) is 1.36. The van der Waals surface area contributed by atoms with Gasteiger partial charge in [-0.3, -0.25) is 0 Å². The van der Waals surface area contributed by atoms with Gasteiger partial charge in [0.15, 0.2) is 5.08 Å². The van der Waals surface area contributed by atoms with Crippen LogP contribution in [0.1, 0.15) is 12.8 Å². The number of alkyl halides is 4. The molecule has 1 unspecified atom stereocenters. The molecule has 0 saturated carbocycles. The van der Waals surface area contributed by atoms with Crippen LogP contribution in [0.2, 0.25) is 0 Å². The van der Waals surface area contributed by atoms with Gasteiger partial charge in [-0.15, -0.1) is 0 Å². The standard InChI is InChI=1S/C4H6BrF3/c5-3(6)1-2-4(7)8/h3-4H,1-2H2. The van der Waals surface area contributed by atoms with Crippen molar-refractivity contribution in [3.8, 4) is 0 Å². The Bertz CT molecular complexity index is 47.2. The molecule has 0 amide bonds. The van der Waals surface area contributed by atoms with E-state index in [0.29, 0.717) is 0 Å². The Morgan fingerprint density at radius 3 is 1.75 bits per heavy atom. The maximum atomic E-state index is 11.6. The van der Waals surface area contributed by atoms with Crippen molar-refractivity contribution in [2.24, 2.45) is 0 Å². The molecule has 0 nitrogen and oxygen atoms in total. The van der Waals surface area contributed by atoms with Crippen molar-refractivity contribution in [3.63, 3.8) is 0 Å². The van der Waals surface area contributed by atoms with Gasteiger partial charge in [0.05, 0.1) is 0 Å². The fourth-order valence-electron chi connectivity index (χ4n) is 0.252. The Labute approximate surface area is 54.2 Å². The van der Waals surface area contributed by atoms with Crippen LogP contribution in [-0.2, 0) is 0 Å². The molecule has 0 N–H and O–H groups in total. The molecule has 0 aromatic carbocycles. The van der Waals surface area contributed by atoms with Gasteiger partial charge in [0.25, 0.3) is 0 Å². The SMILES string of the molecule is FC(F)CCC(F)Br. The van der Waals surface area contributed by atoms with Crippen LogP contribution < -0.4 is 0 Å². The molecule has 0 aliphatic rings. The van der Waals surface area contributed by atoms with E-state index in [0.717, 1.165) is 0 Å². The normalized spacial score (nSPS) is 14.6. The zero-order chi connectivity index (χ0) is 6.57. The molecule has 0 fully saturated rings. The molecule has 50 valence electrons. The van der Waals surface area contributed by atoms with Crippen LogP contribution in [0.15, 0.2) is 0 Å². The molecule has 8 heavy (non-hydrogen) atoms. The van der Waals surface area contributed by atoms with E-state index in [-0.39, 0.29) is 12.8 Å². The summed E-state index contributed by atoms with van der Waals surface area (Å²) in [5.41, 5.74) is 0. The third-order valence-corrected chi connectivity index (χ3v) is 1.06. The van der Waals surface area contributed by atoms with Crippen molar-refractivity contribution in [3.05, 3.63) is 0 Å². The fourth-order valence-corrected chi connectivity index (χ4v) is 0.516. The van der Waals surface area contributed by atoms with E-state index in [1.165, 1.54) is 0 Å². The largest absolute Gasteiger partial charge is 0.238 e. The zero-order valence-electron chi connectivity index (χ0n) is 4.08. The van der Waals surface area contributed by atoms with Crippen LogP contribution in [0.3, 0.4) is 0 Å². The molecule has 0 aromatic heterocycles. The minimum absolute atomic E-state index is 0.113. The monoisotopic (exact) mass is 190 g/mol. The first kappa shape index (κ1) is 8.27. The predicted molar refractivity (Wildman–Crippen MR) is 29.1 cm³/mol. The van der Waals surface area contributed by atoms with E-state index in [4.69, 9.17) is 0 Å². The fraction of sp³-hybridized carbons (Fsp3) is 1.00. The Morgan fingerprint density at radius 1 is 1.12 bits per heavy atom. The van der Waals surface area contributed by atoms with Crippen molar-refractivity contribution in [1.29, 1.82) is 0 Å². The molecule has 0 spiro atoms. The number of hydrogen-bond acceptors (Lipinski definition) is 0. The maximum Gasteiger partial charge on any atom is 0.238 e. The van der Waals surface area contributed by atoms with Gasteiger partial charge in [0.1, 0.15) is 0 Å². The second kappa shape index (κ2) is 4.18. The first-order chi connectivity index (χ1) is 3.63. The minimum atomic E-state index is -2.38. The number of rotatable bonds is 3. The molecule has 0 aliphatic heterocycles. The van der Waals surface area contributed by atoms with Crippen LogP contribution in [0.25, 0.3) is 0 Å². The van der Waals surface area contributed by atoms with Crippen LogP contribution in [-0.4, -0.2) is 11.5 Å². The van der Waals surface area contributed by atoms with Gasteiger partial charge < -0.3 is 0 Å². The zero-order valence-corrected chi connectivity index (χ0v) is 5.67. The first-order valence-corrected chi connectivity index (χ1v) is 3.11. The predicted octanol–water partition coefficient (Wildman–Crippen LogP) is 2.72. The first-order valence-electron chi connectivity index (χ1n) is 2.19. The highest BCUT2D eigenvalue weighted by molar-refractivity contribution is 9.09. The third-order valence-electron chi connectivity index (χ3n) is 0.603. The summed E-state index contributed by atoms with van der Waals surface area (Å²) in [5, 5.41) is -1.28. The Morgan fingerprint density at radius 2 is 1.62 bits per heavy atom. The van der Waals surface area contributed by atoms with Crippen molar-refractivity contribution in [2.75, 3.05) is 0 Å². The van der Waals surface area contributed by atoms with Crippen LogP contribution >= 0.6 is 15.9 Å². The molecule has 0 saturated heterocycles. The highest BCUT2D eigenvalue weighted by Crippen LogP contribution is 2.12. The van der Waals surface area contributed by atoms with Gasteiger partial charge in [-0.05, 0) is 6.42 Å². The molecule has 1 atom stereocenters. The summed E-state index contributed by atoms with van der Waals surface area (Å²) in [6, 6.07) is 0. The molecule has 0 radical (unpaired) electrons.